The summed E-state index contributed by atoms with van der Waals surface area (Å²) in [5, 5.41) is 3.34. The number of nitrogens with zero attached hydrogens (tertiary/aromatic N) is 3. The predicted octanol–water partition coefficient (Wildman–Crippen LogP) is 3.13. The molecule has 1 aliphatic rings. The van der Waals surface area contributed by atoms with Gasteiger partial charge in [-0.15, -0.1) is 0 Å². The molecule has 0 aliphatic carbocycles. The number of halogens is 1. The maximum absolute atomic E-state index is 5.37. The fraction of sp³-hybridized carbons (Fsp3) is 0.333. The summed E-state index contributed by atoms with van der Waals surface area (Å²) in [7, 11) is 0. The van der Waals surface area contributed by atoms with E-state index >= 15 is 0 Å². The minimum absolute atomic E-state index is 0.726. The zero-order valence-corrected chi connectivity index (χ0v) is 13.4. The first-order valence-electron chi connectivity index (χ1n) is 6.92. The molecule has 0 amide bonds. The van der Waals surface area contributed by atoms with Crippen LogP contribution in [-0.2, 0) is 4.74 Å². The summed E-state index contributed by atoms with van der Waals surface area (Å²) in [6.45, 7) is 5.10. The minimum Gasteiger partial charge on any atom is -0.378 e. The van der Waals surface area contributed by atoms with E-state index in [2.05, 4.69) is 36.1 Å². The van der Waals surface area contributed by atoms with E-state index in [1.54, 1.807) is 0 Å². The maximum Gasteiger partial charge on any atom is 0.227 e. The van der Waals surface area contributed by atoms with Crippen LogP contribution in [0.4, 0.5) is 17.5 Å². The third-order valence-electron chi connectivity index (χ3n) is 3.27. The molecule has 0 radical (unpaired) electrons. The van der Waals surface area contributed by atoms with Crippen molar-refractivity contribution in [2.45, 2.75) is 6.92 Å². The number of morpholine rings is 1. The van der Waals surface area contributed by atoms with Gasteiger partial charge >= 0.3 is 0 Å². The number of anilines is 3. The van der Waals surface area contributed by atoms with Gasteiger partial charge in [0, 0.05) is 29.3 Å². The molecule has 2 heterocycles. The van der Waals surface area contributed by atoms with Crippen LogP contribution in [0.1, 0.15) is 5.69 Å². The first kappa shape index (κ1) is 14.3. The highest BCUT2D eigenvalue weighted by atomic mass is 79.9. The van der Waals surface area contributed by atoms with Gasteiger partial charge in [-0.05, 0) is 35.0 Å². The zero-order valence-electron chi connectivity index (χ0n) is 11.8. The molecule has 6 heteroatoms. The van der Waals surface area contributed by atoms with E-state index in [1.807, 2.05) is 37.3 Å². The summed E-state index contributed by atoms with van der Waals surface area (Å²) in [4.78, 5) is 11.3. The number of nitrogens with one attached hydrogen (secondary N) is 1. The highest BCUT2D eigenvalue weighted by molar-refractivity contribution is 9.10. The molecule has 5 nitrogen and oxygen atoms in total. The van der Waals surface area contributed by atoms with Gasteiger partial charge in [-0.2, -0.15) is 4.98 Å². The monoisotopic (exact) mass is 348 g/mol. The summed E-state index contributed by atoms with van der Waals surface area (Å²) in [5.41, 5.74) is 1.93. The van der Waals surface area contributed by atoms with Crippen molar-refractivity contribution in [3.05, 3.63) is 40.5 Å². The lowest BCUT2D eigenvalue weighted by Crippen LogP contribution is -2.37. The molecule has 1 fully saturated rings. The van der Waals surface area contributed by atoms with Gasteiger partial charge in [-0.25, -0.2) is 4.98 Å². The first-order valence-corrected chi connectivity index (χ1v) is 7.71. The van der Waals surface area contributed by atoms with Crippen molar-refractivity contribution in [3.8, 4) is 0 Å². The second-order valence-corrected chi connectivity index (χ2v) is 5.75. The number of benzene rings is 1. The van der Waals surface area contributed by atoms with E-state index < -0.39 is 0 Å². The summed E-state index contributed by atoms with van der Waals surface area (Å²) >= 11 is 3.53. The van der Waals surface area contributed by atoms with Gasteiger partial charge in [0.25, 0.3) is 0 Å². The van der Waals surface area contributed by atoms with Gasteiger partial charge in [0.1, 0.15) is 5.82 Å². The third kappa shape index (κ3) is 3.51. The van der Waals surface area contributed by atoms with Gasteiger partial charge < -0.3 is 15.0 Å². The Morgan fingerprint density at radius 2 is 1.95 bits per heavy atom. The molecule has 2 aromatic rings. The Balaban J connectivity index is 1.85. The van der Waals surface area contributed by atoms with Crippen molar-refractivity contribution in [1.29, 1.82) is 0 Å². The van der Waals surface area contributed by atoms with Crippen LogP contribution in [0.25, 0.3) is 0 Å². The lowest BCUT2D eigenvalue weighted by Gasteiger charge is -2.27. The van der Waals surface area contributed by atoms with Crippen LogP contribution in [0.5, 0.6) is 0 Å². The zero-order chi connectivity index (χ0) is 14.7. The van der Waals surface area contributed by atoms with Crippen molar-refractivity contribution in [2.24, 2.45) is 0 Å². The Hall–Kier alpha value is -1.66. The van der Waals surface area contributed by atoms with Crippen LogP contribution in [0.3, 0.4) is 0 Å². The summed E-state index contributed by atoms with van der Waals surface area (Å²) in [6, 6.07) is 9.93. The van der Waals surface area contributed by atoms with Crippen LogP contribution in [0.15, 0.2) is 34.8 Å². The average Bonchev–Trinajstić information content (AvgIpc) is 2.50. The van der Waals surface area contributed by atoms with Crippen molar-refractivity contribution >= 4 is 33.4 Å². The third-order valence-corrected chi connectivity index (χ3v) is 3.96. The number of aromatic nitrogens is 2. The topological polar surface area (TPSA) is 50.3 Å². The normalized spacial score (nSPS) is 15.0. The Morgan fingerprint density at radius 1 is 1.19 bits per heavy atom. The van der Waals surface area contributed by atoms with E-state index in [9.17, 15) is 0 Å². The second-order valence-electron chi connectivity index (χ2n) is 4.90. The van der Waals surface area contributed by atoms with E-state index in [4.69, 9.17) is 4.74 Å². The van der Waals surface area contributed by atoms with Crippen LogP contribution < -0.4 is 10.2 Å². The van der Waals surface area contributed by atoms with E-state index in [0.717, 1.165) is 53.9 Å². The highest BCUT2D eigenvalue weighted by Crippen LogP contribution is 2.25. The summed E-state index contributed by atoms with van der Waals surface area (Å²) in [5.74, 6) is 1.56. The van der Waals surface area contributed by atoms with Crippen LogP contribution in [-0.4, -0.2) is 36.3 Å². The van der Waals surface area contributed by atoms with Crippen LogP contribution >= 0.6 is 15.9 Å². The Labute approximate surface area is 132 Å². The molecule has 1 aliphatic heterocycles. The maximum atomic E-state index is 5.37. The Bertz CT molecular complexity index is 629. The molecule has 21 heavy (non-hydrogen) atoms. The fourth-order valence-corrected chi connectivity index (χ4v) is 2.61. The van der Waals surface area contributed by atoms with Gasteiger partial charge in [0.05, 0.1) is 18.9 Å². The van der Waals surface area contributed by atoms with Gasteiger partial charge in [-0.3, -0.25) is 0 Å². The van der Waals surface area contributed by atoms with Crippen molar-refractivity contribution in [2.75, 3.05) is 36.5 Å². The standard InChI is InChI=1S/C15H17BrN4O/c1-11-10-14(18-13-5-3-2-4-12(13)16)19-15(17-11)20-6-8-21-9-7-20/h2-5,10H,6-9H2,1H3,(H,17,18,19). The minimum atomic E-state index is 0.726. The van der Waals surface area contributed by atoms with Crippen molar-refractivity contribution in [3.63, 3.8) is 0 Å². The number of hydrogen-bond acceptors (Lipinski definition) is 5. The molecule has 0 atom stereocenters. The molecule has 1 aromatic carbocycles. The summed E-state index contributed by atoms with van der Waals surface area (Å²) < 4.78 is 6.38. The number of para-hydroxylation sites is 1. The fourth-order valence-electron chi connectivity index (χ4n) is 2.22. The second kappa shape index (κ2) is 6.41. The van der Waals surface area contributed by atoms with Gasteiger partial charge in [-0.1, -0.05) is 12.1 Å². The van der Waals surface area contributed by atoms with Crippen LogP contribution in [0, 0.1) is 6.92 Å². The molecule has 1 saturated heterocycles. The number of ether oxygens (including phenoxy) is 1. The molecule has 3 rings (SSSR count). The van der Waals surface area contributed by atoms with Gasteiger partial charge in [0.2, 0.25) is 5.95 Å². The molecule has 0 unspecified atom stereocenters. The highest BCUT2D eigenvalue weighted by Gasteiger charge is 2.15. The average molecular weight is 349 g/mol. The van der Waals surface area contributed by atoms with Crippen molar-refractivity contribution < 1.29 is 4.74 Å². The molecule has 110 valence electrons. The molecule has 0 saturated carbocycles. The van der Waals surface area contributed by atoms with E-state index in [0.29, 0.717) is 0 Å². The quantitative estimate of drug-likeness (QED) is 0.923. The predicted molar refractivity (Wildman–Crippen MR) is 87.2 cm³/mol. The van der Waals surface area contributed by atoms with Crippen molar-refractivity contribution in [1.82, 2.24) is 9.97 Å². The molecule has 0 bridgehead atoms. The van der Waals surface area contributed by atoms with E-state index in [1.165, 1.54) is 0 Å². The Kier molecular flexibility index (Phi) is 4.36. The smallest absolute Gasteiger partial charge is 0.227 e. The molecule has 1 N–H and O–H groups in total. The van der Waals surface area contributed by atoms with E-state index in [-0.39, 0.29) is 0 Å². The lowest BCUT2D eigenvalue weighted by molar-refractivity contribution is 0.122. The van der Waals surface area contributed by atoms with Crippen LogP contribution in [0.2, 0.25) is 0 Å². The SMILES string of the molecule is Cc1cc(Nc2ccccc2Br)nc(N2CCOCC2)n1. The Morgan fingerprint density at radius 3 is 2.71 bits per heavy atom. The molecular weight excluding hydrogens is 332 g/mol. The molecule has 0 spiro atoms. The number of hydrogen-bond donors (Lipinski definition) is 1. The number of aryl methyl sites for hydroxylation is 1. The summed E-state index contributed by atoms with van der Waals surface area (Å²) in [6.07, 6.45) is 0. The largest absolute Gasteiger partial charge is 0.378 e. The van der Waals surface area contributed by atoms with Gasteiger partial charge in [0.15, 0.2) is 0 Å². The number of rotatable bonds is 3. The molecular formula is C15H17BrN4O. The lowest BCUT2D eigenvalue weighted by atomic mass is 10.3. The molecule has 1 aromatic heterocycles. The first-order chi connectivity index (χ1) is 10.2.